The van der Waals surface area contributed by atoms with E-state index in [0.717, 1.165) is 12.1 Å². The third-order valence-electron chi connectivity index (χ3n) is 7.40. The first kappa shape index (κ1) is 25.9. The van der Waals surface area contributed by atoms with Gasteiger partial charge in [-0.15, -0.1) is 0 Å². The van der Waals surface area contributed by atoms with Gasteiger partial charge in [-0.2, -0.15) is 0 Å². The number of hydrogen-bond donors (Lipinski definition) is 0. The number of methoxy groups -OCH3 is 2. The van der Waals surface area contributed by atoms with E-state index in [9.17, 15) is 14.4 Å². The summed E-state index contributed by atoms with van der Waals surface area (Å²) in [5.41, 5.74) is 0.440. The van der Waals surface area contributed by atoms with Crippen LogP contribution >= 0.6 is 0 Å². The smallest absolute Gasteiger partial charge is 0.241 e. The Bertz CT molecular complexity index is 1090. The minimum atomic E-state index is -1.29. The van der Waals surface area contributed by atoms with E-state index in [1.54, 1.807) is 19.2 Å². The third kappa shape index (κ3) is 5.01. The van der Waals surface area contributed by atoms with Crippen LogP contribution in [0.15, 0.2) is 54.6 Å². The van der Waals surface area contributed by atoms with Crippen LogP contribution in [0.2, 0.25) is 0 Å². The number of nitrogens with zero attached hydrogens (tertiary/aromatic N) is 3. The molecule has 2 aliphatic rings. The van der Waals surface area contributed by atoms with Crippen molar-refractivity contribution in [1.82, 2.24) is 14.7 Å². The fourth-order valence-corrected chi connectivity index (χ4v) is 5.38. The Kier molecular flexibility index (Phi) is 8.06. The summed E-state index contributed by atoms with van der Waals surface area (Å²) in [6, 6.07) is 17.4. The summed E-state index contributed by atoms with van der Waals surface area (Å²) < 4.78 is 10.7. The van der Waals surface area contributed by atoms with Crippen LogP contribution in [-0.4, -0.2) is 86.5 Å². The van der Waals surface area contributed by atoms with Crippen molar-refractivity contribution in [3.05, 3.63) is 65.7 Å². The lowest BCUT2D eigenvalue weighted by Crippen LogP contribution is -2.51. The highest BCUT2D eigenvalue weighted by atomic mass is 16.5. The van der Waals surface area contributed by atoms with Gasteiger partial charge in [0.1, 0.15) is 5.75 Å². The SMILES string of the molecule is COCCCN1C(=O)C[C@](CC(=O)N2CCN(C)[C@@H](c3ccccc3)C2)(c2ccccc2OC)C1=O. The van der Waals surface area contributed by atoms with Gasteiger partial charge in [0.15, 0.2) is 0 Å². The second-order valence-electron chi connectivity index (χ2n) is 9.58. The predicted molar refractivity (Wildman–Crippen MR) is 136 cm³/mol. The fraction of sp³-hybridized carbons (Fsp3) is 0.464. The summed E-state index contributed by atoms with van der Waals surface area (Å²) in [6.07, 6.45) is 0.409. The number of imide groups is 1. The van der Waals surface area contributed by atoms with Crippen molar-refractivity contribution in [2.45, 2.75) is 30.7 Å². The molecule has 2 aliphatic heterocycles. The molecule has 0 spiro atoms. The summed E-state index contributed by atoms with van der Waals surface area (Å²) in [5, 5.41) is 0. The molecule has 2 saturated heterocycles. The van der Waals surface area contributed by atoms with Gasteiger partial charge < -0.3 is 14.4 Å². The third-order valence-corrected chi connectivity index (χ3v) is 7.40. The Morgan fingerprint density at radius 2 is 1.75 bits per heavy atom. The highest BCUT2D eigenvalue weighted by Crippen LogP contribution is 2.44. The lowest BCUT2D eigenvalue weighted by molar-refractivity contribution is -0.143. The minimum Gasteiger partial charge on any atom is -0.496 e. The van der Waals surface area contributed by atoms with E-state index >= 15 is 0 Å². The van der Waals surface area contributed by atoms with Crippen molar-refractivity contribution < 1.29 is 23.9 Å². The van der Waals surface area contributed by atoms with E-state index in [2.05, 4.69) is 24.1 Å². The zero-order chi connectivity index (χ0) is 25.7. The summed E-state index contributed by atoms with van der Waals surface area (Å²) in [4.78, 5) is 46.2. The van der Waals surface area contributed by atoms with Gasteiger partial charge >= 0.3 is 0 Å². The molecule has 8 nitrogen and oxygen atoms in total. The topological polar surface area (TPSA) is 79.4 Å². The maximum Gasteiger partial charge on any atom is 0.241 e. The van der Waals surface area contributed by atoms with E-state index in [1.165, 1.54) is 12.0 Å². The molecule has 0 aliphatic carbocycles. The van der Waals surface area contributed by atoms with Gasteiger partial charge in [0.2, 0.25) is 17.7 Å². The number of amides is 3. The number of carbonyl (C=O) groups excluding carboxylic acids is 3. The molecule has 0 radical (unpaired) electrons. The van der Waals surface area contributed by atoms with Gasteiger partial charge in [-0.1, -0.05) is 48.5 Å². The van der Waals surface area contributed by atoms with Crippen molar-refractivity contribution in [3.63, 3.8) is 0 Å². The average Bonchev–Trinajstić information content (AvgIpc) is 3.14. The van der Waals surface area contributed by atoms with Gasteiger partial charge in [0, 0.05) is 58.3 Å². The lowest BCUT2D eigenvalue weighted by Gasteiger charge is -2.41. The second-order valence-corrected chi connectivity index (χ2v) is 9.58. The van der Waals surface area contributed by atoms with Gasteiger partial charge in [-0.25, -0.2) is 0 Å². The van der Waals surface area contributed by atoms with Crippen LogP contribution in [0, 0.1) is 0 Å². The van der Waals surface area contributed by atoms with Crippen LogP contribution in [-0.2, 0) is 24.5 Å². The molecule has 3 amide bonds. The number of piperazine rings is 1. The molecular weight excluding hydrogens is 458 g/mol. The fourth-order valence-electron chi connectivity index (χ4n) is 5.38. The zero-order valence-electron chi connectivity index (χ0n) is 21.3. The van der Waals surface area contributed by atoms with Crippen molar-refractivity contribution >= 4 is 17.7 Å². The molecule has 0 bridgehead atoms. The highest BCUT2D eigenvalue weighted by Gasteiger charge is 2.55. The van der Waals surface area contributed by atoms with Crippen molar-refractivity contribution in [2.24, 2.45) is 0 Å². The zero-order valence-corrected chi connectivity index (χ0v) is 21.3. The van der Waals surface area contributed by atoms with E-state index in [1.807, 2.05) is 35.2 Å². The van der Waals surface area contributed by atoms with E-state index in [-0.39, 0.29) is 43.1 Å². The first-order chi connectivity index (χ1) is 17.4. The maximum absolute atomic E-state index is 13.9. The van der Waals surface area contributed by atoms with Gasteiger partial charge in [-0.05, 0) is 25.1 Å². The molecule has 2 aromatic rings. The van der Waals surface area contributed by atoms with Crippen LogP contribution in [0.1, 0.15) is 36.4 Å². The number of carbonyl (C=O) groups is 3. The lowest BCUT2D eigenvalue weighted by atomic mass is 9.75. The monoisotopic (exact) mass is 493 g/mol. The molecular formula is C28H35N3O5. The molecule has 2 heterocycles. The minimum absolute atomic E-state index is 0.0548. The Morgan fingerprint density at radius 3 is 2.47 bits per heavy atom. The van der Waals surface area contributed by atoms with Crippen molar-refractivity contribution in [1.29, 1.82) is 0 Å². The van der Waals surface area contributed by atoms with Crippen molar-refractivity contribution in [2.75, 3.05) is 54.1 Å². The molecule has 8 heteroatoms. The van der Waals surface area contributed by atoms with Crippen LogP contribution in [0.25, 0.3) is 0 Å². The number of likely N-dealkylation sites (tertiary alicyclic amines) is 1. The summed E-state index contributed by atoms with van der Waals surface area (Å²) >= 11 is 0. The second kappa shape index (κ2) is 11.2. The van der Waals surface area contributed by atoms with Crippen LogP contribution < -0.4 is 4.74 Å². The number of para-hydroxylation sites is 1. The molecule has 2 fully saturated rings. The predicted octanol–water partition coefficient (Wildman–Crippen LogP) is 2.63. The normalized spacial score (nSPS) is 22.8. The summed E-state index contributed by atoms with van der Waals surface area (Å²) in [6.45, 7) is 2.53. The highest BCUT2D eigenvalue weighted by molar-refractivity contribution is 6.11. The Labute approximate surface area is 212 Å². The molecule has 2 atom stereocenters. The number of hydrogen-bond acceptors (Lipinski definition) is 6. The van der Waals surface area contributed by atoms with Crippen molar-refractivity contribution in [3.8, 4) is 5.75 Å². The molecule has 36 heavy (non-hydrogen) atoms. The maximum atomic E-state index is 13.9. The molecule has 0 aromatic heterocycles. The quantitative estimate of drug-likeness (QED) is 0.395. The molecule has 0 N–H and O–H groups in total. The van der Waals surface area contributed by atoms with Gasteiger partial charge in [0.25, 0.3) is 0 Å². The Morgan fingerprint density at radius 1 is 1.03 bits per heavy atom. The first-order valence-electron chi connectivity index (χ1n) is 12.4. The molecule has 192 valence electrons. The van der Waals surface area contributed by atoms with Gasteiger partial charge in [-0.3, -0.25) is 24.2 Å². The van der Waals surface area contributed by atoms with Gasteiger partial charge in [0.05, 0.1) is 18.6 Å². The van der Waals surface area contributed by atoms with E-state index < -0.39 is 5.41 Å². The molecule has 2 aromatic carbocycles. The van der Waals surface area contributed by atoms with Crippen LogP contribution in [0.4, 0.5) is 0 Å². The van der Waals surface area contributed by atoms with Crippen LogP contribution in [0.5, 0.6) is 5.75 Å². The average molecular weight is 494 g/mol. The number of rotatable bonds is 9. The van der Waals surface area contributed by atoms with E-state index in [4.69, 9.17) is 9.47 Å². The molecule has 0 saturated carbocycles. The number of likely N-dealkylation sites (N-methyl/N-ethyl adjacent to an activating group) is 1. The molecule has 4 rings (SSSR count). The Hall–Kier alpha value is -3.23. The van der Waals surface area contributed by atoms with Crippen LogP contribution in [0.3, 0.4) is 0 Å². The van der Waals surface area contributed by atoms with E-state index in [0.29, 0.717) is 37.4 Å². The number of ether oxygens (including phenoxy) is 2. The Balaban J connectivity index is 1.63. The summed E-state index contributed by atoms with van der Waals surface area (Å²) in [7, 11) is 5.19. The first-order valence-corrected chi connectivity index (χ1v) is 12.4. The standard InChI is InChI=1S/C28H35N3O5/c1-29-15-16-30(20-23(29)21-10-5-4-6-11-21)25(32)18-28(22-12-7-8-13-24(22)36-3)19-26(33)31(27(28)34)14-9-17-35-2/h4-8,10-13,23H,9,14-20H2,1-3H3/t23-,28-/m1/s1. The number of benzene rings is 2. The largest absolute Gasteiger partial charge is 0.496 e. The molecule has 0 unspecified atom stereocenters. The summed E-state index contributed by atoms with van der Waals surface area (Å²) in [5.74, 6) is -0.230.